The molecule has 116 valence electrons. The molecule has 1 atom stereocenters. The van der Waals surface area contributed by atoms with E-state index in [0.717, 1.165) is 0 Å². The lowest BCUT2D eigenvalue weighted by atomic mass is 10.0. The number of benzene rings is 1. The second-order valence-corrected chi connectivity index (χ2v) is 6.77. The zero-order valence-electron chi connectivity index (χ0n) is 12.4. The maximum Gasteiger partial charge on any atom is 0.257 e. The SMILES string of the molecule is COc1ccc(Cl)cc1C(=O)N1CC(CBr)OC(C)(C)C1. The molecule has 0 aliphatic carbocycles. The minimum absolute atomic E-state index is 0.0251. The standard InChI is InChI=1S/C15H19BrClNO3/c1-15(2)9-18(8-11(7-16)21-15)14(19)12-6-10(17)4-5-13(12)20-3/h4-6,11H,7-9H2,1-3H3. The van der Waals surface area contributed by atoms with Gasteiger partial charge in [-0.05, 0) is 32.0 Å². The van der Waals surface area contributed by atoms with E-state index in [1.54, 1.807) is 30.2 Å². The number of amides is 1. The van der Waals surface area contributed by atoms with Crippen LogP contribution in [0.3, 0.4) is 0 Å². The first-order valence-electron chi connectivity index (χ1n) is 6.73. The largest absolute Gasteiger partial charge is 0.496 e. The number of ether oxygens (including phenoxy) is 2. The molecule has 1 aliphatic rings. The highest BCUT2D eigenvalue weighted by molar-refractivity contribution is 9.09. The predicted octanol–water partition coefficient (Wildman–Crippen LogP) is 3.36. The van der Waals surface area contributed by atoms with Crippen LogP contribution in [0.2, 0.25) is 5.02 Å². The lowest BCUT2D eigenvalue weighted by Crippen LogP contribution is -2.55. The Balaban J connectivity index is 2.28. The van der Waals surface area contributed by atoms with Gasteiger partial charge in [0.25, 0.3) is 5.91 Å². The van der Waals surface area contributed by atoms with E-state index in [2.05, 4.69) is 15.9 Å². The Bertz CT molecular complexity index is 536. The average molecular weight is 377 g/mol. The maximum absolute atomic E-state index is 12.8. The van der Waals surface area contributed by atoms with E-state index in [0.29, 0.717) is 34.8 Å². The van der Waals surface area contributed by atoms with Gasteiger partial charge in [0.1, 0.15) is 5.75 Å². The molecule has 4 nitrogen and oxygen atoms in total. The van der Waals surface area contributed by atoms with Crippen LogP contribution in [-0.2, 0) is 4.74 Å². The topological polar surface area (TPSA) is 38.8 Å². The van der Waals surface area contributed by atoms with Gasteiger partial charge in [0.2, 0.25) is 0 Å². The van der Waals surface area contributed by atoms with Crippen molar-refractivity contribution >= 4 is 33.4 Å². The summed E-state index contributed by atoms with van der Waals surface area (Å²) in [5.41, 5.74) is 0.106. The molecule has 0 saturated carbocycles. The molecular weight excluding hydrogens is 358 g/mol. The Hall–Kier alpha value is -0.780. The van der Waals surface area contributed by atoms with Crippen molar-refractivity contribution in [2.75, 3.05) is 25.5 Å². The van der Waals surface area contributed by atoms with Gasteiger partial charge in [-0.1, -0.05) is 27.5 Å². The molecule has 6 heteroatoms. The highest BCUT2D eigenvalue weighted by Gasteiger charge is 2.36. The van der Waals surface area contributed by atoms with Gasteiger partial charge in [-0.15, -0.1) is 0 Å². The van der Waals surface area contributed by atoms with Gasteiger partial charge in [-0.2, -0.15) is 0 Å². The molecule has 21 heavy (non-hydrogen) atoms. The van der Waals surface area contributed by atoms with Gasteiger partial charge in [0, 0.05) is 23.4 Å². The van der Waals surface area contributed by atoms with Crippen molar-refractivity contribution in [1.82, 2.24) is 4.90 Å². The summed E-state index contributed by atoms with van der Waals surface area (Å²) in [4.78, 5) is 14.6. The fraction of sp³-hybridized carbons (Fsp3) is 0.533. The lowest BCUT2D eigenvalue weighted by molar-refractivity contribution is -0.116. The zero-order chi connectivity index (χ0) is 15.6. The van der Waals surface area contributed by atoms with Gasteiger partial charge in [-0.25, -0.2) is 0 Å². The lowest BCUT2D eigenvalue weighted by Gasteiger charge is -2.42. The van der Waals surface area contributed by atoms with Crippen LogP contribution >= 0.6 is 27.5 Å². The summed E-state index contributed by atoms with van der Waals surface area (Å²) in [7, 11) is 1.55. The third-order valence-corrected chi connectivity index (χ3v) is 4.29. The van der Waals surface area contributed by atoms with Crippen molar-refractivity contribution in [3.63, 3.8) is 0 Å². The molecule has 0 bridgehead atoms. The summed E-state index contributed by atoms with van der Waals surface area (Å²) >= 11 is 9.44. The number of morpholine rings is 1. The van der Waals surface area contributed by atoms with Gasteiger partial charge >= 0.3 is 0 Å². The fourth-order valence-corrected chi connectivity index (χ4v) is 3.06. The molecule has 1 unspecified atom stereocenters. The highest BCUT2D eigenvalue weighted by Crippen LogP contribution is 2.28. The second-order valence-electron chi connectivity index (χ2n) is 5.68. The quantitative estimate of drug-likeness (QED) is 0.759. The average Bonchev–Trinajstić information content (AvgIpc) is 2.44. The Morgan fingerprint density at radius 1 is 1.57 bits per heavy atom. The van der Waals surface area contributed by atoms with Crippen LogP contribution in [0.15, 0.2) is 18.2 Å². The minimum Gasteiger partial charge on any atom is -0.496 e. The first-order valence-corrected chi connectivity index (χ1v) is 8.23. The third kappa shape index (κ3) is 3.90. The van der Waals surface area contributed by atoms with Crippen LogP contribution in [0.4, 0.5) is 0 Å². The Kier molecular flexibility index (Phi) is 5.17. The number of hydrogen-bond donors (Lipinski definition) is 0. The summed E-state index contributed by atoms with van der Waals surface area (Å²) in [5, 5.41) is 1.20. The molecule has 0 spiro atoms. The summed E-state index contributed by atoms with van der Waals surface area (Å²) < 4.78 is 11.2. The number of halogens is 2. The van der Waals surface area contributed by atoms with Crippen LogP contribution in [0, 0.1) is 0 Å². The summed E-state index contributed by atoms with van der Waals surface area (Å²) in [6.45, 7) is 5.04. The zero-order valence-corrected chi connectivity index (χ0v) is 14.7. The molecule has 1 aromatic rings. The van der Waals surface area contributed by atoms with E-state index >= 15 is 0 Å². The van der Waals surface area contributed by atoms with E-state index < -0.39 is 0 Å². The molecule has 0 radical (unpaired) electrons. The Morgan fingerprint density at radius 3 is 2.90 bits per heavy atom. The van der Waals surface area contributed by atoms with E-state index in [-0.39, 0.29) is 17.6 Å². The molecule has 1 heterocycles. The van der Waals surface area contributed by atoms with E-state index in [1.807, 2.05) is 13.8 Å². The maximum atomic E-state index is 12.8. The minimum atomic E-state index is -0.377. The number of carbonyl (C=O) groups excluding carboxylic acids is 1. The molecule has 0 N–H and O–H groups in total. The normalized spacial score (nSPS) is 21.2. The number of rotatable bonds is 3. The van der Waals surface area contributed by atoms with E-state index in [1.165, 1.54) is 0 Å². The molecule has 2 rings (SSSR count). The first-order chi connectivity index (χ1) is 9.86. The van der Waals surface area contributed by atoms with Gasteiger partial charge < -0.3 is 14.4 Å². The Labute approximate surface area is 138 Å². The van der Waals surface area contributed by atoms with Crippen molar-refractivity contribution in [3.8, 4) is 5.75 Å². The van der Waals surface area contributed by atoms with Crippen LogP contribution in [0.5, 0.6) is 5.75 Å². The molecule has 1 fully saturated rings. The van der Waals surface area contributed by atoms with Gasteiger partial charge in [-0.3, -0.25) is 4.79 Å². The monoisotopic (exact) mass is 375 g/mol. The number of alkyl halides is 1. The van der Waals surface area contributed by atoms with Crippen LogP contribution in [-0.4, -0.2) is 48.0 Å². The van der Waals surface area contributed by atoms with Crippen molar-refractivity contribution in [3.05, 3.63) is 28.8 Å². The summed E-state index contributed by atoms with van der Waals surface area (Å²) in [6.07, 6.45) is -0.0251. The molecule has 1 amide bonds. The van der Waals surface area contributed by atoms with Crippen LogP contribution in [0.25, 0.3) is 0 Å². The van der Waals surface area contributed by atoms with Crippen LogP contribution < -0.4 is 4.74 Å². The predicted molar refractivity (Wildman–Crippen MR) is 86.7 cm³/mol. The smallest absolute Gasteiger partial charge is 0.257 e. The van der Waals surface area contributed by atoms with Crippen molar-refractivity contribution in [2.24, 2.45) is 0 Å². The third-order valence-electron chi connectivity index (χ3n) is 3.33. The van der Waals surface area contributed by atoms with E-state index in [9.17, 15) is 4.79 Å². The fourth-order valence-electron chi connectivity index (χ4n) is 2.55. The molecule has 1 aliphatic heterocycles. The van der Waals surface area contributed by atoms with Crippen molar-refractivity contribution in [2.45, 2.75) is 25.6 Å². The molecule has 1 aromatic carbocycles. The van der Waals surface area contributed by atoms with Crippen molar-refractivity contribution < 1.29 is 14.3 Å². The number of carbonyl (C=O) groups is 1. The van der Waals surface area contributed by atoms with Gasteiger partial charge in [0.15, 0.2) is 0 Å². The molecule has 0 aromatic heterocycles. The molecular formula is C15H19BrClNO3. The highest BCUT2D eigenvalue weighted by atomic mass is 79.9. The van der Waals surface area contributed by atoms with Crippen molar-refractivity contribution in [1.29, 1.82) is 0 Å². The van der Waals surface area contributed by atoms with E-state index in [4.69, 9.17) is 21.1 Å². The number of nitrogens with zero attached hydrogens (tertiary/aromatic N) is 1. The first kappa shape index (κ1) is 16.6. The Morgan fingerprint density at radius 2 is 2.29 bits per heavy atom. The summed E-state index contributed by atoms with van der Waals surface area (Å²) in [6, 6.07) is 5.07. The second kappa shape index (κ2) is 6.55. The van der Waals surface area contributed by atoms with Crippen LogP contribution in [0.1, 0.15) is 24.2 Å². The molecule has 1 saturated heterocycles. The summed E-state index contributed by atoms with van der Waals surface area (Å²) in [5.74, 6) is 0.445. The number of hydrogen-bond acceptors (Lipinski definition) is 3. The number of methoxy groups -OCH3 is 1. The van der Waals surface area contributed by atoms with Gasteiger partial charge in [0.05, 0.1) is 24.4 Å².